The molecular formula is C15H25NOS. The Bertz CT molecular complexity index is 375. The molecule has 1 aromatic rings. The van der Waals surface area contributed by atoms with Crippen LogP contribution in [0.25, 0.3) is 0 Å². The molecule has 0 spiro atoms. The molecule has 0 amide bonds. The van der Waals surface area contributed by atoms with Crippen LogP contribution >= 0.6 is 0 Å². The first-order valence-corrected chi connectivity index (χ1v) is 7.99. The fourth-order valence-corrected chi connectivity index (χ4v) is 3.89. The standard InChI is InChI=1S/C15H25NOS/c1-5-7-14(16-4)15(6-2)18(17)13-10-8-12(3)9-11-13/h8-11,14-16H,5-7H2,1-4H3. The summed E-state index contributed by atoms with van der Waals surface area (Å²) >= 11 is 0. The Balaban J connectivity index is 2.87. The lowest BCUT2D eigenvalue weighted by atomic mass is 10.1. The maximum Gasteiger partial charge on any atom is 0.0576 e. The van der Waals surface area contributed by atoms with E-state index in [1.807, 2.05) is 31.3 Å². The highest BCUT2D eigenvalue weighted by Gasteiger charge is 2.24. The lowest BCUT2D eigenvalue weighted by molar-refractivity contribution is 0.481. The molecule has 0 fully saturated rings. The molecule has 0 radical (unpaired) electrons. The fourth-order valence-electron chi connectivity index (χ4n) is 2.26. The quantitative estimate of drug-likeness (QED) is 0.821. The zero-order chi connectivity index (χ0) is 13.5. The summed E-state index contributed by atoms with van der Waals surface area (Å²) in [5, 5.41) is 3.52. The van der Waals surface area contributed by atoms with Crippen LogP contribution in [0.15, 0.2) is 29.2 Å². The first-order valence-electron chi connectivity index (χ1n) is 6.78. The minimum Gasteiger partial charge on any atom is -0.316 e. The third kappa shape index (κ3) is 3.92. The van der Waals surface area contributed by atoms with Crippen molar-refractivity contribution >= 4 is 10.8 Å². The molecule has 0 aliphatic carbocycles. The van der Waals surface area contributed by atoms with Crippen LogP contribution < -0.4 is 5.32 Å². The summed E-state index contributed by atoms with van der Waals surface area (Å²) in [4.78, 5) is 0.948. The van der Waals surface area contributed by atoms with Gasteiger partial charge in [-0.05, 0) is 38.9 Å². The van der Waals surface area contributed by atoms with Gasteiger partial charge in [-0.15, -0.1) is 0 Å². The van der Waals surface area contributed by atoms with Gasteiger partial charge in [0.1, 0.15) is 0 Å². The van der Waals surface area contributed by atoms with Crippen LogP contribution in [0.1, 0.15) is 38.7 Å². The van der Waals surface area contributed by atoms with Crippen molar-refractivity contribution < 1.29 is 4.21 Å². The topological polar surface area (TPSA) is 29.1 Å². The molecule has 0 saturated carbocycles. The van der Waals surface area contributed by atoms with Crippen LogP contribution in [0.4, 0.5) is 0 Å². The Morgan fingerprint density at radius 2 is 1.83 bits per heavy atom. The zero-order valence-corrected chi connectivity index (χ0v) is 12.7. The molecule has 1 N–H and O–H groups in total. The van der Waals surface area contributed by atoms with E-state index in [9.17, 15) is 4.21 Å². The highest BCUT2D eigenvalue weighted by molar-refractivity contribution is 7.85. The van der Waals surface area contributed by atoms with Crippen LogP contribution in [0, 0.1) is 6.92 Å². The lowest BCUT2D eigenvalue weighted by Gasteiger charge is -2.25. The molecule has 3 atom stereocenters. The van der Waals surface area contributed by atoms with Crippen molar-refractivity contribution in [3.8, 4) is 0 Å². The van der Waals surface area contributed by atoms with Gasteiger partial charge in [0, 0.05) is 10.9 Å². The van der Waals surface area contributed by atoms with E-state index in [4.69, 9.17) is 0 Å². The summed E-state index contributed by atoms with van der Waals surface area (Å²) < 4.78 is 12.6. The van der Waals surface area contributed by atoms with Crippen molar-refractivity contribution in [1.82, 2.24) is 5.32 Å². The maximum absolute atomic E-state index is 12.6. The van der Waals surface area contributed by atoms with E-state index in [2.05, 4.69) is 26.1 Å². The van der Waals surface area contributed by atoms with Crippen LogP contribution in [-0.2, 0) is 10.8 Å². The minimum absolute atomic E-state index is 0.192. The summed E-state index contributed by atoms with van der Waals surface area (Å²) in [5.74, 6) is 0. The SMILES string of the molecule is CCCC(NC)C(CC)S(=O)c1ccc(C)cc1. The van der Waals surface area contributed by atoms with Gasteiger partial charge in [0.2, 0.25) is 0 Å². The molecule has 1 aromatic carbocycles. The Morgan fingerprint density at radius 1 is 1.22 bits per heavy atom. The molecular weight excluding hydrogens is 242 g/mol. The summed E-state index contributed by atoms with van der Waals surface area (Å²) in [6.07, 6.45) is 3.13. The fraction of sp³-hybridized carbons (Fsp3) is 0.600. The van der Waals surface area contributed by atoms with E-state index in [1.165, 1.54) is 5.56 Å². The summed E-state index contributed by atoms with van der Waals surface area (Å²) in [6, 6.07) is 8.39. The minimum atomic E-state index is -0.923. The Labute approximate surface area is 114 Å². The highest BCUT2D eigenvalue weighted by atomic mass is 32.2. The monoisotopic (exact) mass is 267 g/mol. The molecule has 0 bridgehead atoms. The first kappa shape index (κ1) is 15.4. The van der Waals surface area contributed by atoms with Gasteiger partial charge in [-0.1, -0.05) is 38.0 Å². The zero-order valence-electron chi connectivity index (χ0n) is 11.9. The van der Waals surface area contributed by atoms with Gasteiger partial charge in [-0.3, -0.25) is 4.21 Å². The van der Waals surface area contributed by atoms with Crippen molar-refractivity contribution in [2.24, 2.45) is 0 Å². The average molecular weight is 267 g/mol. The second-order valence-corrected chi connectivity index (χ2v) is 6.41. The van der Waals surface area contributed by atoms with Crippen molar-refractivity contribution in [2.75, 3.05) is 7.05 Å². The van der Waals surface area contributed by atoms with E-state index in [1.54, 1.807) is 0 Å². The second kappa shape index (κ2) is 7.70. The van der Waals surface area contributed by atoms with Crippen molar-refractivity contribution in [3.63, 3.8) is 0 Å². The van der Waals surface area contributed by atoms with E-state index in [0.29, 0.717) is 6.04 Å². The molecule has 3 heteroatoms. The van der Waals surface area contributed by atoms with Crippen molar-refractivity contribution in [1.29, 1.82) is 0 Å². The molecule has 0 aromatic heterocycles. The van der Waals surface area contributed by atoms with E-state index in [0.717, 1.165) is 24.2 Å². The van der Waals surface area contributed by atoms with Gasteiger partial charge in [0.15, 0.2) is 0 Å². The Hall–Kier alpha value is -0.670. The van der Waals surface area contributed by atoms with E-state index in [-0.39, 0.29) is 5.25 Å². The molecule has 102 valence electrons. The average Bonchev–Trinajstić information content (AvgIpc) is 2.39. The first-order chi connectivity index (χ1) is 8.63. The van der Waals surface area contributed by atoms with Gasteiger partial charge in [-0.25, -0.2) is 0 Å². The highest BCUT2D eigenvalue weighted by Crippen LogP contribution is 2.19. The molecule has 0 aliphatic rings. The second-order valence-electron chi connectivity index (χ2n) is 4.74. The summed E-state index contributed by atoms with van der Waals surface area (Å²) in [6.45, 7) is 6.35. The largest absolute Gasteiger partial charge is 0.316 e. The van der Waals surface area contributed by atoms with Crippen LogP contribution in [0.3, 0.4) is 0 Å². The molecule has 2 nitrogen and oxygen atoms in total. The van der Waals surface area contributed by atoms with Gasteiger partial charge in [-0.2, -0.15) is 0 Å². The normalized spacial score (nSPS) is 16.2. The molecule has 0 heterocycles. The predicted octanol–water partition coefficient (Wildman–Crippen LogP) is 3.27. The third-order valence-electron chi connectivity index (χ3n) is 3.35. The van der Waals surface area contributed by atoms with Crippen LogP contribution in [0.2, 0.25) is 0 Å². The summed E-state index contributed by atoms with van der Waals surface area (Å²) in [7, 11) is 1.04. The number of aryl methyl sites for hydroxylation is 1. The maximum atomic E-state index is 12.6. The van der Waals surface area contributed by atoms with Gasteiger partial charge >= 0.3 is 0 Å². The van der Waals surface area contributed by atoms with Gasteiger partial charge in [0.25, 0.3) is 0 Å². The molecule has 1 rings (SSSR count). The predicted molar refractivity (Wildman–Crippen MR) is 79.4 cm³/mol. The summed E-state index contributed by atoms with van der Waals surface area (Å²) in [5.41, 5.74) is 1.21. The number of hydrogen-bond acceptors (Lipinski definition) is 2. The third-order valence-corrected chi connectivity index (χ3v) is 5.30. The number of hydrogen-bond donors (Lipinski definition) is 1. The van der Waals surface area contributed by atoms with Crippen molar-refractivity contribution in [3.05, 3.63) is 29.8 Å². The molecule has 0 aliphatic heterocycles. The number of benzene rings is 1. The van der Waals surface area contributed by atoms with Crippen LogP contribution in [-0.4, -0.2) is 22.5 Å². The Morgan fingerprint density at radius 3 is 2.28 bits per heavy atom. The lowest BCUT2D eigenvalue weighted by Crippen LogP contribution is -2.39. The van der Waals surface area contributed by atoms with Crippen molar-refractivity contribution in [2.45, 2.75) is 56.2 Å². The van der Waals surface area contributed by atoms with Crippen LogP contribution in [0.5, 0.6) is 0 Å². The Kier molecular flexibility index (Phi) is 6.58. The molecule has 0 saturated heterocycles. The van der Waals surface area contributed by atoms with Gasteiger partial charge < -0.3 is 5.32 Å². The number of rotatable bonds is 7. The smallest absolute Gasteiger partial charge is 0.0576 e. The van der Waals surface area contributed by atoms with E-state index < -0.39 is 10.8 Å². The number of nitrogens with one attached hydrogen (secondary N) is 1. The molecule has 18 heavy (non-hydrogen) atoms. The molecule has 3 unspecified atom stereocenters. The van der Waals surface area contributed by atoms with E-state index >= 15 is 0 Å². The van der Waals surface area contributed by atoms with Gasteiger partial charge in [0.05, 0.1) is 16.0 Å².